The summed E-state index contributed by atoms with van der Waals surface area (Å²) in [5.74, 6) is -0.634. The second kappa shape index (κ2) is 8.36. The lowest BCUT2D eigenvalue weighted by Crippen LogP contribution is -2.32. The van der Waals surface area contributed by atoms with Crippen LogP contribution < -0.4 is 10.6 Å². The lowest BCUT2D eigenvalue weighted by molar-refractivity contribution is -0.120. The minimum Gasteiger partial charge on any atom is -0.465 e. The largest absolute Gasteiger partial charge is 0.465 e. The third kappa shape index (κ3) is 4.73. The quantitative estimate of drug-likeness (QED) is 0.786. The number of carbonyl (C=O) groups is 2. The average Bonchev–Trinajstić information content (AvgIpc) is 2.60. The summed E-state index contributed by atoms with van der Waals surface area (Å²) >= 11 is 5.86. The van der Waals surface area contributed by atoms with Gasteiger partial charge in [0.25, 0.3) is 0 Å². The van der Waals surface area contributed by atoms with E-state index in [2.05, 4.69) is 10.6 Å². The Morgan fingerprint density at radius 2 is 1.79 bits per heavy atom. The molecule has 126 valence electrons. The van der Waals surface area contributed by atoms with Crippen LogP contribution in [0.25, 0.3) is 0 Å². The molecule has 6 heteroatoms. The molecule has 0 fully saturated rings. The first-order chi connectivity index (χ1) is 11.5. The Morgan fingerprint density at radius 1 is 1.12 bits per heavy atom. The summed E-state index contributed by atoms with van der Waals surface area (Å²) in [5.41, 5.74) is 1.90. The van der Waals surface area contributed by atoms with Gasteiger partial charge in [-0.3, -0.25) is 4.79 Å². The van der Waals surface area contributed by atoms with Gasteiger partial charge in [0.2, 0.25) is 5.91 Å². The van der Waals surface area contributed by atoms with E-state index in [1.165, 1.54) is 7.11 Å². The first kappa shape index (κ1) is 17.8. The molecule has 2 aromatic rings. The van der Waals surface area contributed by atoms with Crippen molar-refractivity contribution < 1.29 is 14.3 Å². The number of methoxy groups -OCH3 is 1. The zero-order valence-electron chi connectivity index (χ0n) is 13.5. The fourth-order valence-corrected chi connectivity index (χ4v) is 2.35. The molecule has 0 bridgehead atoms. The Balaban J connectivity index is 1.94. The van der Waals surface area contributed by atoms with Gasteiger partial charge in [0.05, 0.1) is 25.3 Å². The number of para-hydroxylation sites is 1. The second-order valence-corrected chi connectivity index (χ2v) is 5.67. The van der Waals surface area contributed by atoms with Gasteiger partial charge in [-0.25, -0.2) is 4.79 Å². The zero-order valence-corrected chi connectivity index (χ0v) is 14.3. The minimum absolute atomic E-state index is 0.0476. The monoisotopic (exact) mass is 346 g/mol. The van der Waals surface area contributed by atoms with Crippen molar-refractivity contribution in [2.75, 3.05) is 19.0 Å². The predicted molar refractivity (Wildman–Crippen MR) is 94.3 cm³/mol. The van der Waals surface area contributed by atoms with Crippen molar-refractivity contribution >= 4 is 29.2 Å². The summed E-state index contributed by atoms with van der Waals surface area (Å²) < 4.78 is 4.73. The van der Waals surface area contributed by atoms with E-state index in [1.807, 2.05) is 19.1 Å². The van der Waals surface area contributed by atoms with Crippen LogP contribution in [0.3, 0.4) is 0 Å². The molecule has 0 saturated carbocycles. The smallest absolute Gasteiger partial charge is 0.339 e. The Hall–Kier alpha value is -2.53. The van der Waals surface area contributed by atoms with E-state index in [-0.39, 0.29) is 18.5 Å². The maximum absolute atomic E-state index is 12.1. The van der Waals surface area contributed by atoms with Crippen LogP contribution >= 0.6 is 11.6 Å². The molecule has 2 rings (SSSR count). The van der Waals surface area contributed by atoms with Crippen LogP contribution in [0, 0.1) is 0 Å². The molecule has 5 nitrogen and oxygen atoms in total. The van der Waals surface area contributed by atoms with Crippen LogP contribution in [-0.4, -0.2) is 25.5 Å². The van der Waals surface area contributed by atoms with Crippen LogP contribution in [-0.2, 0) is 9.53 Å². The van der Waals surface area contributed by atoms with Crippen LogP contribution in [0.5, 0.6) is 0 Å². The molecule has 1 atom stereocenters. The van der Waals surface area contributed by atoms with Gasteiger partial charge in [0.1, 0.15) is 0 Å². The minimum atomic E-state index is -0.451. The number of amides is 1. The number of benzene rings is 2. The first-order valence-electron chi connectivity index (χ1n) is 7.47. The van der Waals surface area contributed by atoms with E-state index in [0.717, 1.165) is 5.56 Å². The lowest BCUT2D eigenvalue weighted by atomic mass is 10.1. The van der Waals surface area contributed by atoms with Crippen molar-refractivity contribution in [1.29, 1.82) is 0 Å². The Kier molecular flexibility index (Phi) is 6.21. The number of ether oxygens (including phenoxy) is 1. The highest BCUT2D eigenvalue weighted by atomic mass is 35.5. The van der Waals surface area contributed by atoms with Gasteiger partial charge in [-0.2, -0.15) is 0 Å². The van der Waals surface area contributed by atoms with E-state index in [4.69, 9.17) is 16.3 Å². The molecule has 1 unspecified atom stereocenters. The fraction of sp³-hybridized carbons (Fsp3) is 0.222. The molecule has 0 heterocycles. The number of nitrogens with one attached hydrogen (secondary N) is 2. The van der Waals surface area contributed by atoms with E-state index in [0.29, 0.717) is 16.3 Å². The molecular formula is C18H19ClN2O3. The molecule has 0 aliphatic heterocycles. The second-order valence-electron chi connectivity index (χ2n) is 5.23. The standard InChI is InChI=1S/C18H19ClN2O3/c1-12(13-7-9-14(19)10-8-13)21-17(22)11-20-16-6-4-3-5-15(16)18(23)24-2/h3-10,12,20H,11H2,1-2H3,(H,21,22). The Bertz CT molecular complexity index is 716. The van der Waals surface area contributed by atoms with Gasteiger partial charge in [-0.1, -0.05) is 35.9 Å². The predicted octanol–water partition coefficient (Wildman–Crippen LogP) is 3.42. The van der Waals surface area contributed by atoms with E-state index < -0.39 is 5.97 Å². The summed E-state index contributed by atoms with van der Waals surface area (Å²) in [5, 5.41) is 6.50. The molecule has 0 aliphatic carbocycles. The topological polar surface area (TPSA) is 67.4 Å². The first-order valence-corrected chi connectivity index (χ1v) is 7.85. The lowest BCUT2D eigenvalue weighted by Gasteiger charge is -2.16. The molecule has 0 aliphatic rings. The maximum Gasteiger partial charge on any atom is 0.339 e. The number of hydrogen-bond donors (Lipinski definition) is 2. The van der Waals surface area contributed by atoms with Gasteiger partial charge in [-0.15, -0.1) is 0 Å². The van der Waals surface area contributed by atoms with E-state index in [9.17, 15) is 9.59 Å². The third-order valence-corrected chi connectivity index (χ3v) is 3.77. The molecule has 24 heavy (non-hydrogen) atoms. The summed E-state index contributed by atoms with van der Waals surface area (Å²) in [4.78, 5) is 23.8. The SMILES string of the molecule is COC(=O)c1ccccc1NCC(=O)NC(C)c1ccc(Cl)cc1. The molecule has 2 N–H and O–H groups in total. The Labute approximate surface area is 146 Å². The van der Waals surface area contributed by atoms with Crippen molar-refractivity contribution in [2.24, 2.45) is 0 Å². The number of halogens is 1. The highest BCUT2D eigenvalue weighted by molar-refractivity contribution is 6.30. The number of anilines is 1. The normalized spacial score (nSPS) is 11.5. The van der Waals surface area contributed by atoms with Gasteiger partial charge in [-0.05, 0) is 36.8 Å². The van der Waals surface area contributed by atoms with Crippen LogP contribution in [0.2, 0.25) is 5.02 Å². The maximum atomic E-state index is 12.1. The molecule has 2 aromatic carbocycles. The zero-order chi connectivity index (χ0) is 17.5. The molecular weight excluding hydrogens is 328 g/mol. The van der Waals surface area contributed by atoms with Gasteiger partial charge >= 0.3 is 5.97 Å². The number of carbonyl (C=O) groups excluding carboxylic acids is 2. The van der Waals surface area contributed by atoms with Crippen molar-refractivity contribution in [1.82, 2.24) is 5.32 Å². The fourth-order valence-electron chi connectivity index (χ4n) is 2.23. The average molecular weight is 347 g/mol. The van der Waals surface area contributed by atoms with Crippen LogP contribution in [0.1, 0.15) is 28.9 Å². The van der Waals surface area contributed by atoms with Crippen molar-refractivity contribution in [3.05, 3.63) is 64.7 Å². The van der Waals surface area contributed by atoms with E-state index in [1.54, 1.807) is 36.4 Å². The van der Waals surface area contributed by atoms with Gasteiger partial charge < -0.3 is 15.4 Å². The third-order valence-electron chi connectivity index (χ3n) is 3.52. The molecule has 0 radical (unpaired) electrons. The summed E-state index contributed by atoms with van der Waals surface area (Å²) in [6, 6.07) is 14.0. The summed E-state index contributed by atoms with van der Waals surface area (Å²) in [6.45, 7) is 1.94. The van der Waals surface area contributed by atoms with Gasteiger partial charge in [0, 0.05) is 10.7 Å². The van der Waals surface area contributed by atoms with Crippen LogP contribution in [0.15, 0.2) is 48.5 Å². The summed E-state index contributed by atoms with van der Waals surface area (Å²) in [7, 11) is 1.32. The molecule has 0 aromatic heterocycles. The highest BCUT2D eigenvalue weighted by Gasteiger charge is 2.13. The number of esters is 1. The van der Waals surface area contributed by atoms with Gasteiger partial charge in [0.15, 0.2) is 0 Å². The number of hydrogen-bond acceptors (Lipinski definition) is 4. The van der Waals surface area contributed by atoms with E-state index >= 15 is 0 Å². The Morgan fingerprint density at radius 3 is 2.46 bits per heavy atom. The molecule has 1 amide bonds. The van der Waals surface area contributed by atoms with Crippen molar-refractivity contribution in [2.45, 2.75) is 13.0 Å². The highest BCUT2D eigenvalue weighted by Crippen LogP contribution is 2.17. The molecule has 0 spiro atoms. The van der Waals surface area contributed by atoms with Crippen molar-refractivity contribution in [3.8, 4) is 0 Å². The van der Waals surface area contributed by atoms with Crippen LogP contribution in [0.4, 0.5) is 5.69 Å². The molecule has 0 saturated heterocycles. The number of rotatable bonds is 6. The van der Waals surface area contributed by atoms with Crippen molar-refractivity contribution in [3.63, 3.8) is 0 Å². The summed E-state index contributed by atoms with van der Waals surface area (Å²) in [6.07, 6.45) is 0.